The van der Waals surface area contributed by atoms with Crippen LogP contribution in [0, 0.1) is 5.41 Å². The van der Waals surface area contributed by atoms with Crippen molar-refractivity contribution in [1.29, 1.82) is 0 Å². The van der Waals surface area contributed by atoms with Crippen LogP contribution in [0.25, 0.3) is 0 Å². The zero-order valence-electron chi connectivity index (χ0n) is 12.2. The quantitative estimate of drug-likeness (QED) is 0.842. The molecule has 112 valence electrons. The highest BCUT2D eigenvalue weighted by molar-refractivity contribution is 5.98. The van der Waals surface area contributed by atoms with Gasteiger partial charge >= 0.3 is 0 Å². The number of benzene rings is 1. The summed E-state index contributed by atoms with van der Waals surface area (Å²) in [6.07, 6.45) is 2.71. The van der Waals surface area contributed by atoms with E-state index in [1.165, 1.54) is 0 Å². The molecule has 0 saturated carbocycles. The Balaban J connectivity index is 1.69. The number of nitrogens with zero attached hydrogens (tertiary/aromatic N) is 1. The molecule has 0 aromatic heterocycles. The third-order valence-electron chi connectivity index (χ3n) is 4.59. The van der Waals surface area contributed by atoms with Gasteiger partial charge in [0.1, 0.15) is 5.75 Å². The molecule has 0 unspecified atom stereocenters. The zero-order valence-corrected chi connectivity index (χ0v) is 12.2. The smallest absolute Gasteiger partial charge is 0.227 e. The highest BCUT2D eigenvalue weighted by Gasteiger charge is 2.41. The molecule has 2 fully saturated rings. The van der Waals surface area contributed by atoms with Crippen LogP contribution in [0.4, 0.5) is 5.69 Å². The summed E-state index contributed by atoms with van der Waals surface area (Å²) in [5.74, 6) is 0.599. The normalized spacial score (nSPS) is 21.3. The lowest BCUT2D eigenvalue weighted by Crippen LogP contribution is -2.50. The molecule has 0 atom stereocenters. The fourth-order valence-electron chi connectivity index (χ4n) is 3.39. The van der Waals surface area contributed by atoms with E-state index in [1.54, 1.807) is 7.11 Å². The lowest BCUT2D eigenvalue weighted by molar-refractivity contribution is -0.138. The Bertz CT molecular complexity index is 544. The van der Waals surface area contributed by atoms with Crippen molar-refractivity contribution in [3.8, 4) is 5.75 Å². The molecule has 2 amide bonds. The number of carbonyl (C=O) groups excluding carboxylic acids is 2. The van der Waals surface area contributed by atoms with Gasteiger partial charge in [-0.05, 0) is 30.4 Å². The molecular formula is C16H20N2O3. The van der Waals surface area contributed by atoms with Gasteiger partial charge in [-0.15, -0.1) is 0 Å². The van der Waals surface area contributed by atoms with Crippen LogP contribution in [0.5, 0.6) is 5.75 Å². The van der Waals surface area contributed by atoms with E-state index >= 15 is 0 Å². The minimum atomic E-state index is -0.130. The summed E-state index contributed by atoms with van der Waals surface area (Å²) in [5, 5.41) is 2.40. The molecule has 0 aliphatic carbocycles. The Morgan fingerprint density at radius 1 is 1.14 bits per heavy atom. The lowest BCUT2D eigenvalue weighted by atomic mass is 9.71. The van der Waals surface area contributed by atoms with Gasteiger partial charge in [-0.2, -0.15) is 0 Å². The van der Waals surface area contributed by atoms with Crippen molar-refractivity contribution in [1.82, 2.24) is 5.32 Å². The van der Waals surface area contributed by atoms with Gasteiger partial charge in [0.05, 0.1) is 7.11 Å². The van der Waals surface area contributed by atoms with Crippen LogP contribution in [0.1, 0.15) is 25.7 Å². The van der Waals surface area contributed by atoms with Crippen molar-refractivity contribution in [2.45, 2.75) is 25.7 Å². The Morgan fingerprint density at radius 3 is 2.43 bits per heavy atom. The van der Waals surface area contributed by atoms with Crippen LogP contribution in [0.2, 0.25) is 0 Å². The van der Waals surface area contributed by atoms with E-state index in [0.717, 1.165) is 37.4 Å². The number of hydrogen-bond acceptors (Lipinski definition) is 4. The number of methoxy groups -OCH3 is 1. The molecule has 2 aliphatic heterocycles. The van der Waals surface area contributed by atoms with Gasteiger partial charge in [0.15, 0.2) is 0 Å². The third kappa shape index (κ3) is 2.86. The summed E-state index contributed by atoms with van der Waals surface area (Å²) < 4.78 is 5.26. The molecule has 0 bridgehead atoms. The van der Waals surface area contributed by atoms with Crippen molar-refractivity contribution < 1.29 is 14.3 Å². The van der Waals surface area contributed by atoms with Gasteiger partial charge in [-0.1, -0.05) is 6.07 Å². The monoisotopic (exact) mass is 288 g/mol. The molecule has 1 aromatic carbocycles. The van der Waals surface area contributed by atoms with E-state index in [4.69, 9.17) is 4.74 Å². The maximum atomic E-state index is 11.6. The van der Waals surface area contributed by atoms with E-state index in [-0.39, 0.29) is 17.2 Å². The molecule has 2 saturated heterocycles. The second-order valence-corrected chi connectivity index (χ2v) is 6.01. The number of hydrogen-bond donors (Lipinski definition) is 1. The number of imide groups is 1. The number of carbonyl (C=O) groups is 2. The largest absolute Gasteiger partial charge is 0.497 e. The minimum absolute atomic E-state index is 0.124. The van der Waals surface area contributed by atoms with E-state index in [1.807, 2.05) is 18.2 Å². The Hall–Kier alpha value is -2.04. The number of amides is 2. The van der Waals surface area contributed by atoms with Gasteiger partial charge in [0.2, 0.25) is 11.8 Å². The predicted octanol–water partition coefficient (Wildman–Crippen LogP) is 1.72. The molecule has 2 aliphatic rings. The van der Waals surface area contributed by atoms with Gasteiger partial charge in [-0.25, -0.2) is 0 Å². The second kappa shape index (κ2) is 5.39. The Morgan fingerprint density at radius 2 is 1.81 bits per heavy atom. The van der Waals surface area contributed by atoms with Gasteiger partial charge < -0.3 is 9.64 Å². The van der Waals surface area contributed by atoms with Gasteiger partial charge in [0, 0.05) is 37.7 Å². The first kappa shape index (κ1) is 13.9. The number of piperidine rings is 2. The average Bonchev–Trinajstić information content (AvgIpc) is 2.47. The van der Waals surface area contributed by atoms with Crippen molar-refractivity contribution in [2.24, 2.45) is 5.41 Å². The van der Waals surface area contributed by atoms with Crippen molar-refractivity contribution in [3.63, 3.8) is 0 Å². The van der Waals surface area contributed by atoms with E-state index in [2.05, 4.69) is 16.3 Å². The van der Waals surface area contributed by atoms with E-state index < -0.39 is 0 Å². The van der Waals surface area contributed by atoms with Crippen LogP contribution >= 0.6 is 0 Å². The fraction of sp³-hybridized carbons (Fsp3) is 0.500. The second-order valence-electron chi connectivity index (χ2n) is 6.01. The highest BCUT2D eigenvalue weighted by Crippen LogP contribution is 2.41. The molecule has 2 heterocycles. The molecule has 1 aromatic rings. The number of rotatable bonds is 2. The number of nitrogens with one attached hydrogen (secondary N) is 1. The number of ether oxygens (including phenoxy) is 1. The minimum Gasteiger partial charge on any atom is -0.497 e. The summed E-state index contributed by atoms with van der Waals surface area (Å²) in [6.45, 7) is 1.74. The molecule has 1 N–H and O–H groups in total. The topological polar surface area (TPSA) is 58.6 Å². The molecule has 5 heteroatoms. The van der Waals surface area contributed by atoms with Crippen LogP contribution in [-0.2, 0) is 9.59 Å². The summed E-state index contributed by atoms with van der Waals surface area (Å²) >= 11 is 0. The van der Waals surface area contributed by atoms with Crippen LogP contribution in [-0.4, -0.2) is 32.0 Å². The SMILES string of the molecule is COc1cccc(N2CCC3(CC2)CC(=O)NC(=O)C3)c1. The number of anilines is 1. The maximum Gasteiger partial charge on any atom is 0.227 e. The van der Waals surface area contributed by atoms with Crippen molar-refractivity contribution in [3.05, 3.63) is 24.3 Å². The van der Waals surface area contributed by atoms with Crippen LogP contribution in [0.15, 0.2) is 24.3 Å². The molecule has 1 spiro atoms. The Kier molecular flexibility index (Phi) is 3.57. The lowest BCUT2D eigenvalue weighted by Gasteiger charge is -2.43. The van der Waals surface area contributed by atoms with Gasteiger partial charge in [0.25, 0.3) is 0 Å². The van der Waals surface area contributed by atoms with Crippen molar-refractivity contribution >= 4 is 17.5 Å². The van der Waals surface area contributed by atoms with Crippen molar-refractivity contribution in [2.75, 3.05) is 25.1 Å². The highest BCUT2D eigenvalue weighted by atomic mass is 16.5. The molecule has 5 nitrogen and oxygen atoms in total. The fourth-order valence-corrected chi connectivity index (χ4v) is 3.39. The summed E-state index contributed by atoms with van der Waals surface area (Å²) in [6, 6.07) is 8.01. The Labute approximate surface area is 124 Å². The molecule has 3 rings (SSSR count). The first-order chi connectivity index (χ1) is 10.1. The summed E-state index contributed by atoms with van der Waals surface area (Å²) in [4.78, 5) is 25.5. The molecule has 21 heavy (non-hydrogen) atoms. The first-order valence-corrected chi connectivity index (χ1v) is 7.32. The van der Waals surface area contributed by atoms with E-state index in [9.17, 15) is 9.59 Å². The average molecular weight is 288 g/mol. The molecular weight excluding hydrogens is 268 g/mol. The standard InChI is InChI=1S/C16H20N2O3/c1-21-13-4-2-3-12(9-13)18-7-5-16(6-8-18)10-14(19)17-15(20)11-16/h2-4,9H,5-8,10-11H2,1H3,(H,17,19,20). The van der Waals surface area contributed by atoms with Crippen LogP contribution < -0.4 is 15.0 Å². The third-order valence-corrected chi connectivity index (χ3v) is 4.59. The maximum absolute atomic E-state index is 11.6. The zero-order chi connectivity index (χ0) is 14.9. The van der Waals surface area contributed by atoms with E-state index in [0.29, 0.717) is 12.8 Å². The summed E-state index contributed by atoms with van der Waals surface area (Å²) in [7, 11) is 1.66. The molecule has 0 radical (unpaired) electrons. The van der Waals surface area contributed by atoms with Gasteiger partial charge in [-0.3, -0.25) is 14.9 Å². The van der Waals surface area contributed by atoms with Crippen LogP contribution in [0.3, 0.4) is 0 Å². The first-order valence-electron chi connectivity index (χ1n) is 7.32. The predicted molar refractivity (Wildman–Crippen MR) is 79.3 cm³/mol. The summed E-state index contributed by atoms with van der Waals surface area (Å²) in [5.41, 5.74) is 1.00.